The Morgan fingerprint density at radius 3 is 2.68 bits per heavy atom. The molecule has 0 fully saturated rings. The van der Waals surface area contributed by atoms with Crippen LogP contribution in [0.2, 0.25) is 0 Å². The fourth-order valence-electron chi connectivity index (χ4n) is 2.07. The molecule has 0 radical (unpaired) electrons. The maximum atomic E-state index is 11.9. The summed E-state index contributed by atoms with van der Waals surface area (Å²) in [7, 11) is 0. The van der Waals surface area contributed by atoms with Crippen molar-refractivity contribution in [1.29, 1.82) is 0 Å². The van der Waals surface area contributed by atoms with Gasteiger partial charge in [0.25, 0.3) is 5.91 Å². The Bertz CT molecular complexity index is 397. The van der Waals surface area contributed by atoms with Crippen molar-refractivity contribution in [2.75, 3.05) is 0 Å². The van der Waals surface area contributed by atoms with E-state index in [2.05, 4.69) is 11.6 Å². The Kier molecular flexibility index (Phi) is 7.51. The molecule has 0 aromatic heterocycles. The first kappa shape index (κ1) is 18.3. The number of amides is 2. The van der Waals surface area contributed by atoms with Gasteiger partial charge in [0.05, 0.1) is 12.1 Å². The third kappa shape index (κ3) is 4.14. The maximum absolute atomic E-state index is 11.9. The summed E-state index contributed by atoms with van der Waals surface area (Å²) in [6.07, 6.45) is 1.85. The van der Waals surface area contributed by atoms with Gasteiger partial charge in [0.15, 0.2) is 0 Å². The van der Waals surface area contributed by atoms with Gasteiger partial charge in [-0.2, -0.15) is 0 Å². The van der Waals surface area contributed by atoms with E-state index in [1.54, 1.807) is 0 Å². The summed E-state index contributed by atoms with van der Waals surface area (Å²) in [5.41, 5.74) is -1.50. The van der Waals surface area contributed by atoms with Gasteiger partial charge in [0.1, 0.15) is 5.41 Å². The predicted octanol–water partition coefficient (Wildman–Crippen LogP) is -3.52. The number of carbonyl (C=O) groups excluding carboxylic acids is 2. The number of hydrogen-bond donors (Lipinski definition) is 2. The van der Waals surface area contributed by atoms with Crippen LogP contribution in [0.15, 0.2) is 17.6 Å². The van der Waals surface area contributed by atoms with Crippen LogP contribution in [-0.4, -0.2) is 29.0 Å². The van der Waals surface area contributed by atoms with Crippen molar-refractivity contribution in [3.05, 3.63) is 12.7 Å². The summed E-state index contributed by atoms with van der Waals surface area (Å²) in [6.45, 7) is 5.39. The molecule has 0 saturated carbocycles. The number of nitrogens with one attached hydrogen (secondary N) is 1. The molecule has 1 aliphatic heterocycles. The minimum atomic E-state index is -1.50. The molecule has 2 amide bonds. The topological polar surface area (TPSA) is 102 Å². The number of allylic oxidation sites excluding steroid dienone is 1. The second kappa shape index (κ2) is 7.79. The van der Waals surface area contributed by atoms with Crippen LogP contribution in [-0.2, 0) is 9.59 Å². The Balaban J connectivity index is 0.00000324. The zero-order valence-corrected chi connectivity index (χ0v) is 13.3. The van der Waals surface area contributed by atoms with E-state index in [1.165, 1.54) is 6.08 Å². The average Bonchev–Trinajstić information content (AvgIpc) is 2.26. The van der Waals surface area contributed by atoms with Crippen LogP contribution in [0.1, 0.15) is 32.6 Å². The first-order chi connectivity index (χ1) is 8.46. The van der Waals surface area contributed by atoms with Gasteiger partial charge in [0, 0.05) is 0 Å². The summed E-state index contributed by atoms with van der Waals surface area (Å²) in [5, 5.41) is 22.8. The Hall–Kier alpha value is -0.690. The molecular formula is C12H17N2NaO4. The molecule has 0 bridgehead atoms. The van der Waals surface area contributed by atoms with E-state index in [1.807, 2.05) is 12.2 Å². The van der Waals surface area contributed by atoms with Gasteiger partial charge in [-0.25, -0.2) is 4.99 Å². The first-order valence-electron chi connectivity index (χ1n) is 5.86. The molecular weight excluding hydrogens is 259 g/mol. The monoisotopic (exact) mass is 276 g/mol. The van der Waals surface area contributed by atoms with Crippen molar-refractivity contribution < 1.29 is 49.4 Å². The molecule has 0 aromatic carbocycles. The Morgan fingerprint density at radius 1 is 1.58 bits per heavy atom. The van der Waals surface area contributed by atoms with E-state index < -0.39 is 29.4 Å². The van der Waals surface area contributed by atoms with Crippen LogP contribution < -0.4 is 40.0 Å². The molecule has 0 aliphatic carbocycles. The number of aliphatic imine (C=N–C) groups is 1. The smallest absolute Gasteiger partial charge is 0.846 e. The molecule has 1 aliphatic rings. The number of carbonyl (C=O) groups is 2. The first-order valence-corrected chi connectivity index (χ1v) is 5.86. The second-order valence-electron chi connectivity index (χ2n) is 4.40. The quantitative estimate of drug-likeness (QED) is 0.298. The van der Waals surface area contributed by atoms with E-state index in [0.717, 1.165) is 6.42 Å². The van der Waals surface area contributed by atoms with Crippen molar-refractivity contribution in [1.82, 2.24) is 5.32 Å². The molecule has 1 rings (SSSR count). The molecule has 6 nitrogen and oxygen atoms in total. The van der Waals surface area contributed by atoms with Crippen LogP contribution in [0.25, 0.3) is 0 Å². The van der Waals surface area contributed by atoms with E-state index in [-0.39, 0.29) is 42.4 Å². The SMILES string of the molecule is C=CCC1(CC(O)CCC)C(=O)N=C([O-])NC1=O.[Na+]. The molecule has 2 atom stereocenters. The number of aliphatic hydroxyl groups is 1. The Morgan fingerprint density at radius 2 is 2.21 bits per heavy atom. The van der Waals surface area contributed by atoms with Crippen LogP contribution in [0, 0.1) is 5.41 Å². The average molecular weight is 276 g/mol. The van der Waals surface area contributed by atoms with Gasteiger partial charge in [-0.1, -0.05) is 19.4 Å². The van der Waals surface area contributed by atoms with Gasteiger partial charge < -0.3 is 15.5 Å². The number of nitrogens with zero attached hydrogens (tertiary/aromatic N) is 1. The molecule has 100 valence electrons. The third-order valence-electron chi connectivity index (χ3n) is 2.97. The van der Waals surface area contributed by atoms with E-state index in [0.29, 0.717) is 6.42 Å². The van der Waals surface area contributed by atoms with Gasteiger partial charge in [0.2, 0.25) is 5.91 Å². The molecule has 19 heavy (non-hydrogen) atoms. The molecule has 0 saturated heterocycles. The predicted molar refractivity (Wildman–Crippen MR) is 63.4 cm³/mol. The van der Waals surface area contributed by atoms with Crippen LogP contribution >= 0.6 is 0 Å². The van der Waals surface area contributed by atoms with Gasteiger partial charge in [-0.3, -0.25) is 9.59 Å². The van der Waals surface area contributed by atoms with Crippen molar-refractivity contribution >= 4 is 17.8 Å². The van der Waals surface area contributed by atoms with Crippen molar-refractivity contribution in [2.45, 2.75) is 38.7 Å². The summed E-state index contributed by atoms with van der Waals surface area (Å²) >= 11 is 0. The zero-order chi connectivity index (χ0) is 13.8. The molecule has 1 heterocycles. The number of amidine groups is 1. The largest absolute Gasteiger partial charge is 1.00 e. The molecule has 2 N–H and O–H groups in total. The van der Waals surface area contributed by atoms with Crippen LogP contribution in [0.4, 0.5) is 0 Å². The second-order valence-corrected chi connectivity index (χ2v) is 4.40. The van der Waals surface area contributed by atoms with E-state index in [9.17, 15) is 19.8 Å². The minimum Gasteiger partial charge on any atom is -0.846 e. The maximum Gasteiger partial charge on any atom is 1.00 e. The van der Waals surface area contributed by atoms with Crippen LogP contribution in [0.5, 0.6) is 0 Å². The van der Waals surface area contributed by atoms with E-state index >= 15 is 0 Å². The van der Waals surface area contributed by atoms with Crippen molar-refractivity contribution in [2.24, 2.45) is 10.4 Å². The molecule has 7 heteroatoms. The molecule has 0 aromatic rings. The van der Waals surface area contributed by atoms with Gasteiger partial charge in [-0.05, 0) is 19.3 Å². The number of hydrogen-bond acceptors (Lipinski definition) is 4. The van der Waals surface area contributed by atoms with Crippen molar-refractivity contribution in [3.8, 4) is 0 Å². The fraction of sp³-hybridized carbons (Fsp3) is 0.583. The summed E-state index contributed by atoms with van der Waals surface area (Å²) in [4.78, 5) is 27.0. The molecule has 0 spiro atoms. The minimum absolute atomic E-state index is 0. The zero-order valence-electron chi connectivity index (χ0n) is 11.3. The van der Waals surface area contributed by atoms with E-state index in [4.69, 9.17) is 0 Å². The number of aliphatic hydroxyl groups excluding tert-OH is 1. The fourth-order valence-corrected chi connectivity index (χ4v) is 2.07. The summed E-state index contributed by atoms with van der Waals surface area (Å²) in [6, 6.07) is -0.949. The molecule has 2 unspecified atom stereocenters. The normalized spacial score (nSPS) is 24.0. The van der Waals surface area contributed by atoms with Crippen LogP contribution in [0.3, 0.4) is 0 Å². The third-order valence-corrected chi connectivity index (χ3v) is 2.97. The number of rotatable bonds is 6. The van der Waals surface area contributed by atoms with Crippen molar-refractivity contribution in [3.63, 3.8) is 0 Å². The van der Waals surface area contributed by atoms with Gasteiger partial charge in [-0.15, -0.1) is 6.58 Å². The summed E-state index contributed by atoms with van der Waals surface area (Å²) in [5.74, 6) is -1.51. The Labute approximate surface area is 134 Å². The standard InChI is InChI=1S/C12H18N2O4.Na/c1-3-5-8(15)7-12(6-4-2)9(16)13-11(18)14-10(12)17;/h4,8,15H,2-3,5-7H2,1H3,(H2,13,14,16,17,18);/q;+1/p-1. The van der Waals surface area contributed by atoms with Gasteiger partial charge >= 0.3 is 29.6 Å². The summed E-state index contributed by atoms with van der Waals surface area (Å²) < 4.78 is 0.